The molecule has 0 saturated carbocycles. The number of fused-ring (bicyclic) bond motifs is 2. The summed E-state index contributed by atoms with van der Waals surface area (Å²) in [6, 6.07) is 0. The van der Waals surface area contributed by atoms with Gasteiger partial charge in [0.15, 0.2) is 0 Å². The van der Waals surface area contributed by atoms with Crippen molar-refractivity contribution in [3.8, 4) is 0 Å². The fraction of sp³-hybridized carbons (Fsp3) is 0.111. The summed E-state index contributed by atoms with van der Waals surface area (Å²) in [4.78, 5) is 22.8. The van der Waals surface area contributed by atoms with Gasteiger partial charge in [0, 0.05) is 46.9 Å². The van der Waals surface area contributed by atoms with Crippen LogP contribution in [0.2, 0.25) is 0 Å². The Morgan fingerprint density at radius 1 is 0.500 bits per heavy atom. The average Bonchev–Trinajstić information content (AvgIpc) is 3.32. The summed E-state index contributed by atoms with van der Waals surface area (Å²) >= 11 is 27.1. The van der Waals surface area contributed by atoms with Crippen LogP contribution in [0.15, 0.2) is 48.9 Å². The molecule has 0 amide bonds. The first-order chi connectivity index (χ1) is 14.1. The molecular formula is C18H8Br8O4. The molecule has 0 aliphatic carbocycles. The standard InChI is InChI=1S/2C8H2Br4O2.C2H4/c2*9-4-2-1-14-8(13)3(2)5(10)7(12)6(4)11;1-2/h2*1H2;1-2H2. The van der Waals surface area contributed by atoms with Crippen molar-refractivity contribution in [1.29, 1.82) is 0 Å². The summed E-state index contributed by atoms with van der Waals surface area (Å²) in [7, 11) is 0. The Kier molecular flexibility index (Phi) is 10.3. The van der Waals surface area contributed by atoms with E-state index < -0.39 is 0 Å². The number of hydrogen-bond donors (Lipinski definition) is 0. The van der Waals surface area contributed by atoms with Crippen LogP contribution in [-0.2, 0) is 22.7 Å². The maximum absolute atomic E-state index is 11.4. The number of esters is 2. The number of carbonyl (C=O) groups excluding carboxylic acids is 2. The molecule has 0 unspecified atom stereocenters. The molecule has 0 atom stereocenters. The maximum Gasteiger partial charge on any atom is 0.340 e. The first-order valence-corrected chi connectivity index (χ1v) is 14.0. The van der Waals surface area contributed by atoms with E-state index in [1.165, 1.54) is 0 Å². The van der Waals surface area contributed by atoms with E-state index in [-0.39, 0.29) is 11.9 Å². The second-order valence-electron chi connectivity index (χ2n) is 5.37. The van der Waals surface area contributed by atoms with Gasteiger partial charge >= 0.3 is 11.9 Å². The number of benzene rings is 2. The quantitative estimate of drug-likeness (QED) is 0.114. The molecular weight excluding hydrogens is 919 g/mol. The van der Waals surface area contributed by atoms with E-state index in [1.54, 1.807) is 0 Å². The number of cyclic esters (lactones) is 2. The molecule has 2 aromatic rings. The Labute approximate surface area is 239 Å². The summed E-state index contributed by atoms with van der Waals surface area (Å²) in [5, 5.41) is 0. The molecule has 4 nitrogen and oxygen atoms in total. The molecule has 2 aromatic carbocycles. The van der Waals surface area contributed by atoms with Crippen LogP contribution in [0.5, 0.6) is 0 Å². The Hall–Kier alpha value is 0.960. The van der Waals surface area contributed by atoms with Crippen LogP contribution < -0.4 is 0 Å². The summed E-state index contributed by atoms with van der Waals surface area (Å²) in [6.45, 7) is 6.64. The van der Waals surface area contributed by atoms with Crippen molar-refractivity contribution < 1.29 is 19.1 Å². The molecule has 0 radical (unpaired) electrons. The molecule has 0 saturated heterocycles. The molecule has 2 aliphatic rings. The van der Waals surface area contributed by atoms with Gasteiger partial charge in [0.05, 0.1) is 11.1 Å². The number of rotatable bonds is 0. The second-order valence-corrected chi connectivity index (χ2v) is 11.7. The molecule has 2 heterocycles. The van der Waals surface area contributed by atoms with Gasteiger partial charge in [-0.15, -0.1) is 13.2 Å². The van der Waals surface area contributed by atoms with Crippen molar-refractivity contribution >= 4 is 139 Å². The van der Waals surface area contributed by atoms with Crippen molar-refractivity contribution in [2.45, 2.75) is 13.2 Å². The smallest absolute Gasteiger partial charge is 0.340 e. The van der Waals surface area contributed by atoms with Gasteiger partial charge in [-0.25, -0.2) is 9.59 Å². The highest BCUT2D eigenvalue weighted by Crippen LogP contribution is 2.45. The zero-order valence-electron chi connectivity index (χ0n) is 14.5. The maximum atomic E-state index is 11.4. The minimum absolute atomic E-state index is 0.291. The van der Waals surface area contributed by atoms with E-state index in [1.807, 2.05) is 0 Å². The van der Waals surface area contributed by atoms with E-state index >= 15 is 0 Å². The average molecular weight is 927 g/mol. The van der Waals surface area contributed by atoms with Gasteiger partial charge in [-0.05, 0) is 127 Å². The summed E-state index contributed by atoms with van der Waals surface area (Å²) in [5.74, 6) is -0.582. The van der Waals surface area contributed by atoms with E-state index in [9.17, 15) is 9.59 Å². The van der Waals surface area contributed by atoms with E-state index in [2.05, 4.69) is 141 Å². The van der Waals surface area contributed by atoms with Gasteiger partial charge in [0.1, 0.15) is 13.2 Å². The third-order valence-corrected chi connectivity index (χ3v) is 13.5. The number of carbonyl (C=O) groups is 2. The third-order valence-electron chi connectivity index (χ3n) is 3.83. The Balaban J connectivity index is 0.000000197. The Bertz CT molecular complexity index is 984. The molecule has 0 bridgehead atoms. The van der Waals surface area contributed by atoms with Crippen LogP contribution in [0.3, 0.4) is 0 Å². The van der Waals surface area contributed by atoms with E-state index in [0.717, 1.165) is 46.9 Å². The van der Waals surface area contributed by atoms with Crippen LogP contribution in [0.4, 0.5) is 0 Å². The van der Waals surface area contributed by atoms with Gasteiger partial charge in [0.25, 0.3) is 0 Å². The minimum Gasteiger partial charge on any atom is -0.457 e. The third kappa shape index (κ3) is 5.05. The highest BCUT2D eigenvalue weighted by Gasteiger charge is 2.31. The summed E-state index contributed by atoms with van der Waals surface area (Å²) in [6.07, 6.45) is 0. The van der Waals surface area contributed by atoms with Crippen molar-refractivity contribution in [3.63, 3.8) is 0 Å². The first kappa shape index (κ1) is 27.2. The lowest BCUT2D eigenvalue weighted by atomic mass is 10.1. The van der Waals surface area contributed by atoms with E-state index in [0.29, 0.717) is 24.3 Å². The second kappa shape index (κ2) is 11.4. The van der Waals surface area contributed by atoms with Crippen LogP contribution in [0, 0.1) is 0 Å². The fourth-order valence-corrected chi connectivity index (χ4v) is 7.42. The Morgan fingerprint density at radius 2 is 0.767 bits per heavy atom. The van der Waals surface area contributed by atoms with Gasteiger partial charge in [-0.2, -0.15) is 0 Å². The molecule has 12 heteroatoms. The predicted molar refractivity (Wildman–Crippen MR) is 144 cm³/mol. The molecule has 0 spiro atoms. The van der Waals surface area contributed by atoms with Crippen LogP contribution in [-0.4, -0.2) is 11.9 Å². The fourth-order valence-electron chi connectivity index (χ4n) is 2.47. The lowest BCUT2D eigenvalue weighted by Crippen LogP contribution is -1.96. The molecule has 0 fully saturated rings. The summed E-state index contributed by atoms with van der Waals surface area (Å²) in [5.41, 5.74) is 2.92. The van der Waals surface area contributed by atoms with Crippen LogP contribution in [0.25, 0.3) is 0 Å². The highest BCUT2D eigenvalue weighted by atomic mass is 79.9. The van der Waals surface area contributed by atoms with Crippen LogP contribution in [0.1, 0.15) is 31.8 Å². The van der Waals surface area contributed by atoms with Crippen molar-refractivity contribution in [2.75, 3.05) is 0 Å². The van der Waals surface area contributed by atoms with Gasteiger partial charge in [0.2, 0.25) is 0 Å². The minimum atomic E-state index is -0.291. The number of ether oxygens (including phenoxy) is 2. The number of halogens is 8. The molecule has 4 rings (SSSR count). The largest absolute Gasteiger partial charge is 0.457 e. The van der Waals surface area contributed by atoms with Crippen molar-refractivity contribution in [2.24, 2.45) is 0 Å². The SMILES string of the molecule is C=C.O=C1OCc2c(Br)c(Br)c(Br)c(Br)c21.O=C1OCc2c(Br)c(Br)c(Br)c(Br)c21. The lowest BCUT2D eigenvalue weighted by Gasteiger charge is -2.07. The van der Waals surface area contributed by atoms with E-state index in [4.69, 9.17) is 9.47 Å². The topological polar surface area (TPSA) is 52.6 Å². The molecule has 2 aliphatic heterocycles. The van der Waals surface area contributed by atoms with Gasteiger partial charge < -0.3 is 9.47 Å². The zero-order chi connectivity index (χ0) is 22.9. The Morgan fingerprint density at radius 3 is 1.07 bits per heavy atom. The molecule has 160 valence electrons. The first-order valence-electron chi connectivity index (χ1n) is 7.61. The van der Waals surface area contributed by atoms with Crippen molar-refractivity contribution in [3.05, 3.63) is 71.2 Å². The van der Waals surface area contributed by atoms with Crippen LogP contribution >= 0.6 is 127 Å². The molecule has 0 aromatic heterocycles. The summed E-state index contributed by atoms with van der Waals surface area (Å²) < 4.78 is 16.4. The lowest BCUT2D eigenvalue weighted by molar-refractivity contribution is 0.0525. The predicted octanol–water partition coefficient (Wildman–Crippen LogP) is 9.62. The number of hydrogen-bond acceptors (Lipinski definition) is 4. The normalized spacial score (nSPS) is 13.3. The molecule has 30 heavy (non-hydrogen) atoms. The van der Waals surface area contributed by atoms with Gasteiger partial charge in [-0.3, -0.25) is 0 Å². The zero-order valence-corrected chi connectivity index (χ0v) is 27.2. The van der Waals surface area contributed by atoms with Gasteiger partial charge in [-0.1, -0.05) is 0 Å². The highest BCUT2D eigenvalue weighted by molar-refractivity contribution is 9.15. The monoisotopic (exact) mass is 919 g/mol. The molecule has 0 N–H and O–H groups in total. The van der Waals surface area contributed by atoms with Crippen molar-refractivity contribution in [1.82, 2.24) is 0 Å².